The van der Waals surface area contributed by atoms with Crippen molar-refractivity contribution in [3.63, 3.8) is 0 Å². The van der Waals surface area contributed by atoms with E-state index in [1.165, 1.54) is 6.07 Å². The van der Waals surface area contributed by atoms with E-state index >= 15 is 0 Å². The first-order valence-electron chi connectivity index (χ1n) is 6.91. The molecule has 0 heterocycles. The van der Waals surface area contributed by atoms with Crippen LogP contribution in [0.2, 0.25) is 0 Å². The zero-order chi connectivity index (χ0) is 15.4. The summed E-state index contributed by atoms with van der Waals surface area (Å²) in [4.78, 5) is 0. The lowest BCUT2D eigenvalue weighted by atomic mass is 10.1. The zero-order valence-corrected chi connectivity index (χ0v) is 14.0. The fourth-order valence-electron chi connectivity index (χ4n) is 1.85. The summed E-state index contributed by atoms with van der Waals surface area (Å²) in [6.45, 7) is 6.97. The lowest BCUT2D eigenvalue weighted by Crippen LogP contribution is -2.21. The summed E-state index contributed by atoms with van der Waals surface area (Å²) in [5, 5.41) is 3.37. The Balaban J connectivity index is 2.18. The highest BCUT2D eigenvalue weighted by atomic mass is 79.9. The molecule has 0 unspecified atom stereocenters. The van der Waals surface area contributed by atoms with Gasteiger partial charge in [0.25, 0.3) is 0 Å². The van der Waals surface area contributed by atoms with Gasteiger partial charge in [0.1, 0.15) is 17.3 Å². The second-order valence-corrected chi connectivity index (χ2v) is 6.17. The summed E-state index contributed by atoms with van der Waals surface area (Å²) in [7, 11) is 0. The van der Waals surface area contributed by atoms with Gasteiger partial charge >= 0.3 is 0 Å². The van der Waals surface area contributed by atoms with Crippen LogP contribution in [0.4, 0.5) is 4.39 Å². The quantitative estimate of drug-likeness (QED) is 0.800. The third-order valence-corrected chi connectivity index (χ3v) is 3.73. The second kappa shape index (κ2) is 7.05. The molecule has 0 spiro atoms. The standard InChI is InChI=1S/C17H19BrFNO/c1-11(2)20-10-13-5-4-12(3)17(8-13)21-14-6-7-15(18)16(19)9-14/h4-9,11,20H,10H2,1-3H3. The number of hydrogen-bond acceptors (Lipinski definition) is 2. The van der Waals surface area contributed by atoms with Gasteiger partial charge in [-0.3, -0.25) is 0 Å². The van der Waals surface area contributed by atoms with Crippen LogP contribution in [0.25, 0.3) is 0 Å². The van der Waals surface area contributed by atoms with Crippen molar-refractivity contribution < 1.29 is 9.13 Å². The van der Waals surface area contributed by atoms with Gasteiger partial charge in [-0.05, 0) is 52.2 Å². The van der Waals surface area contributed by atoms with E-state index in [4.69, 9.17) is 4.74 Å². The Morgan fingerprint density at radius 1 is 1.19 bits per heavy atom. The minimum atomic E-state index is -0.331. The monoisotopic (exact) mass is 351 g/mol. The molecule has 21 heavy (non-hydrogen) atoms. The van der Waals surface area contributed by atoms with E-state index in [-0.39, 0.29) is 5.82 Å². The van der Waals surface area contributed by atoms with Gasteiger partial charge in [0.2, 0.25) is 0 Å². The Kier molecular flexibility index (Phi) is 5.37. The number of aryl methyl sites for hydroxylation is 1. The Morgan fingerprint density at radius 3 is 2.62 bits per heavy atom. The van der Waals surface area contributed by atoms with Crippen molar-refractivity contribution in [1.29, 1.82) is 0 Å². The van der Waals surface area contributed by atoms with Crippen LogP contribution in [-0.2, 0) is 6.54 Å². The van der Waals surface area contributed by atoms with Crippen molar-refractivity contribution in [2.24, 2.45) is 0 Å². The molecule has 0 atom stereocenters. The molecular formula is C17H19BrFNO. The van der Waals surface area contributed by atoms with Crippen LogP contribution in [0.3, 0.4) is 0 Å². The molecule has 0 fully saturated rings. The average molecular weight is 352 g/mol. The topological polar surface area (TPSA) is 21.3 Å². The van der Waals surface area contributed by atoms with Gasteiger partial charge in [0.15, 0.2) is 0 Å². The van der Waals surface area contributed by atoms with Gasteiger partial charge in [0.05, 0.1) is 4.47 Å². The summed E-state index contributed by atoms with van der Waals surface area (Å²) >= 11 is 3.14. The van der Waals surface area contributed by atoms with Crippen molar-refractivity contribution in [3.05, 3.63) is 57.8 Å². The summed E-state index contributed by atoms with van der Waals surface area (Å²) in [6.07, 6.45) is 0. The van der Waals surface area contributed by atoms with Crippen LogP contribution >= 0.6 is 15.9 Å². The van der Waals surface area contributed by atoms with E-state index in [1.54, 1.807) is 12.1 Å². The fourth-order valence-corrected chi connectivity index (χ4v) is 2.10. The SMILES string of the molecule is Cc1ccc(CNC(C)C)cc1Oc1ccc(Br)c(F)c1. The molecule has 0 aliphatic heterocycles. The predicted octanol–water partition coefficient (Wildman–Crippen LogP) is 5.19. The van der Waals surface area contributed by atoms with Gasteiger partial charge in [-0.1, -0.05) is 26.0 Å². The van der Waals surface area contributed by atoms with E-state index in [0.29, 0.717) is 16.3 Å². The minimum absolute atomic E-state index is 0.331. The summed E-state index contributed by atoms with van der Waals surface area (Å²) in [5.41, 5.74) is 2.16. The molecular weight excluding hydrogens is 333 g/mol. The molecule has 2 rings (SSSR count). The van der Waals surface area contributed by atoms with Crippen LogP contribution in [-0.4, -0.2) is 6.04 Å². The molecule has 1 N–H and O–H groups in total. The van der Waals surface area contributed by atoms with Gasteiger partial charge in [-0.15, -0.1) is 0 Å². The molecule has 2 aromatic rings. The van der Waals surface area contributed by atoms with Crippen LogP contribution < -0.4 is 10.1 Å². The number of ether oxygens (including phenoxy) is 1. The molecule has 0 aliphatic rings. The van der Waals surface area contributed by atoms with Gasteiger partial charge in [-0.25, -0.2) is 4.39 Å². The van der Waals surface area contributed by atoms with E-state index in [0.717, 1.165) is 23.4 Å². The lowest BCUT2D eigenvalue weighted by Gasteiger charge is -2.13. The highest BCUT2D eigenvalue weighted by Gasteiger charge is 2.06. The van der Waals surface area contributed by atoms with Gasteiger partial charge in [0, 0.05) is 18.7 Å². The minimum Gasteiger partial charge on any atom is -0.457 e. The van der Waals surface area contributed by atoms with Crippen LogP contribution in [0, 0.1) is 12.7 Å². The molecule has 2 aromatic carbocycles. The van der Waals surface area contributed by atoms with Gasteiger partial charge < -0.3 is 10.1 Å². The molecule has 0 aromatic heterocycles. The molecule has 0 bridgehead atoms. The van der Waals surface area contributed by atoms with Crippen molar-refractivity contribution in [3.8, 4) is 11.5 Å². The Bertz CT molecular complexity index is 628. The van der Waals surface area contributed by atoms with Crippen LogP contribution in [0.1, 0.15) is 25.0 Å². The zero-order valence-electron chi connectivity index (χ0n) is 12.4. The number of rotatable bonds is 5. The maximum atomic E-state index is 13.5. The Hall–Kier alpha value is -1.39. The van der Waals surface area contributed by atoms with E-state index in [9.17, 15) is 4.39 Å². The normalized spacial score (nSPS) is 11.0. The predicted molar refractivity (Wildman–Crippen MR) is 87.3 cm³/mol. The average Bonchev–Trinajstić information content (AvgIpc) is 2.43. The van der Waals surface area contributed by atoms with Crippen LogP contribution in [0.5, 0.6) is 11.5 Å². The first-order valence-corrected chi connectivity index (χ1v) is 7.71. The molecule has 4 heteroatoms. The molecule has 112 valence electrons. The Morgan fingerprint density at radius 2 is 1.95 bits per heavy atom. The third kappa shape index (κ3) is 4.55. The number of hydrogen-bond donors (Lipinski definition) is 1. The smallest absolute Gasteiger partial charge is 0.141 e. The number of benzene rings is 2. The summed E-state index contributed by atoms with van der Waals surface area (Å²) in [5.74, 6) is 0.912. The first-order chi connectivity index (χ1) is 9.95. The molecule has 0 saturated heterocycles. The highest BCUT2D eigenvalue weighted by molar-refractivity contribution is 9.10. The molecule has 0 saturated carbocycles. The molecule has 0 radical (unpaired) electrons. The summed E-state index contributed by atoms with van der Waals surface area (Å²) in [6, 6.07) is 11.3. The lowest BCUT2D eigenvalue weighted by molar-refractivity contribution is 0.471. The fraction of sp³-hybridized carbons (Fsp3) is 0.294. The molecule has 2 nitrogen and oxygen atoms in total. The maximum absolute atomic E-state index is 13.5. The molecule has 0 aliphatic carbocycles. The first kappa shape index (κ1) is 16.0. The van der Waals surface area contributed by atoms with Crippen LogP contribution in [0.15, 0.2) is 40.9 Å². The van der Waals surface area contributed by atoms with Crippen molar-refractivity contribution in [2.75, 3.05) is 0 Å². The van der Waals surface area contributed by atoms with Crippen molar-refractivity contribution in [2.45, 2.75) is 33.4 Å². The number of halogens is 2. The second-order valence-electron chi connectivity index (χ2n) is 5.31. The highest BCUT2D eigenvalue weighted by Crippen LogP contribution is 2.28. The van der Waals surface area contributed by atoms with Crippen molar-refractivity contribution >= 4 is 15.9 Å². The van der Waals surface area contributed by atoms with E-state index in [1.807, 2.05) is 19.1 Å². The van der Waals surface area contributed by atoms with E-state index in [2.05, 4.69) is 41.2 Å². The van der Waals surface area contributed by atoms with Crippen molar-refractivity contribution in [1.82, 2.24) is 5.32 Å². The number of nitrogens with one attached hydrogen (secondary N) is 1. The maximum Gasteiger partial charge on any atom is 0.141 e. The third-order valence-electron chi connectivity index (χ3n) is 3.09. The Labute approximate surface area is 133 Å². The van der Waals surface area contributed by atoms with Gasteiger partial charge in [-0.2, -0.15) is 0 Å². The largest absolute Gasteiger partial charge is 0.457 e. The summed E-state index contributed by atoms with van der Waals surface area (Å²) < 4.78 is 19.8. The molecule has 0 amide bonds. The van der Waals surface area contributed by atoms with E-state index < -0.39 is 0 Å².